The predicted molar refractivity (Wildman–Crippen MR) is 134 cm³/mol. The number of amides is 1. The van der Waals surface area contributed by atoms with Crippen LogP contribution in [0.4, 0.5) is 10.3 Å². The van der Waals surface area contributed by atoms with Crippen LogP contribution in [-0.2, 0) is 14.8 Å². The quantitative estimate of drug-likeness (QED) is 0.468. The average Bonchev–Trinajstić information content (AvgIpc) is 2.85. The van der Waals surface area contributed by atoms with Crippen molar-refractivity contribution in [3.8, 4) is 11.3 Å². The number of carbonyl (C=O) groups is 1. The number of benzene rings is 1. The van der Waals surface area contributed by atoms with E-state index < -0.39 is 10.0 Å². The largest absolute Gasteiger partial charge is 0.352 e. The van der Waals surface area contributed by atoms with Crippen molar-refractivity contribution in [3.05, 3.63) is 36.3 Å². The molecule has 2 saturated heterocycles. The molecular weight excluding hydrogens is 487 g/mol. The molecule has 2 fully saturated rings. The Morgan fingerprint density at radius 2 is 1.75 bits per heavy atom. The van der Waals surface area contributed by atoms with Crippen LogP contribution in [-0.4, -0.2) is 111 Å². The van der Waals surface area contributed by atoms with E-state index in [-0.39, 0.29) is 17.8 Å². The highest BCUT2D eigenvalue weighted by atomic mass is 32.2. The fraction of sp³-hybridized carbons (Fsp3) is 0.565. The van der Waals surface area contributed by atoms with E-state index in [0.29, 0.717) is 57.5 Å². The van der Waals surface area contributed by atoms with Crippen LogP contribution >= 0.6 is 0 Å². The lowest BCUT2D eigenvalue weighted by molar-refractivity contribution is -0.123. The molecule has 0 saturated carbocycles. The van der Waals surface area contributed by atoms with E-state index in [9.17, 15) is 17.6 Å². The number of anilines is 1. The van der Waals surface area contributed by atoms with Crippen molar-refractivity contribution >= 4 is 21.9 Å². The normalized spacial score (nSPS) is 18.3. The molecule has 36 heavy (non-hydrogen) atoms. The van der Waals surface area contributed by atoms with Crippen LogP contribution < -0.4 is 14.9 Å². The fourth-order valence-electron chi connectivity index (χ4n) is 4.46. The number of carbonyl (C=O) groups excluding carboxylic acids is 1. The highest BCUT2D eigenvalue weighted by molar-refractivity contribution is 7.88. The molecule has 196 valence electrons. The van der Waals surface area contributed by atoms with Gasteiger partial charge in [0.2, 0.25) is 21.9 Å². The highest BCUT2D eigenvalue weighted by Gasteiger charge is 2.24. The number of sulfonamides is 1. The second kappa shape index (κ2) is 12.0. The molecule has 1 amide bonds. The molecule has 0 atom stereocenters. The number of hydrogen-bond donors (Lipinski definition) is 2. The van der Waals surface area contributed by atoms with Crippen LogP contribution in [0, 0.1) is 5.82 Å². The van der Waals surface area contributed by atoms with Gasteiger partial charge in [0.1, 0.15) is 5.82 Å². The predicted octanol–water partition coefficient (Wildman–Crippen LogP) is -0.0705. The molecule has 0 radical (unpaired) electrons. The Bertz CT molecular complexity index is 1120. The van der Waals surface area contributed by atoms with Crippen molar-refractivity contribution in [1.82, 2.24) is 35.0 Å². The molecule has 2 aliphatic heterocycles. The molecule has 3 heterocycles. The van der Waals surface area contributed by atoms with E-state index in [2.05, 4.69) is 35.0 Å². The van der Waals surface area contributed by atoms with Gasteiger partial charge in [-0.25, -0.2) is 22.5 Å². The summed E-state index contributed by atoms with van der Waals surface area (Å²) in [5, 5.41) is 11.4. The Kier molecular flexibility index (Phi) is 8.77. The van der Waals surface area contributed by atoms with E-state index in [1.54, 1.807) is 18.3 Å². The fourth-order valence-corrected chi connectivity index (χ4v) is 4.92. The SMILES string of the molecule is CS(=O)(=O)NCCN1CCC(NC(=O)CN2CCN(c3nncc(-c4ccc(F)cc4)n3)CC2)CC1. The van der Waals surface area contributed by atoms with Crippen LogP contribution in [0.15, 0.2) is 30.5 Å². The maximum absolute atomic E-state index is 13.2. The lowest BCUT2D eigenvalue weighted by atomic mass is 10.1. The van der Waals surface area contributed by atoms with Gasteiger partial charge in [0.15, 0.2) is 0 Å². The van der Waals surface area contributed by atoms with Gasteiger partial charge in [0.05, 0.1) is 24.7 Å². The van der Waals surface area contributed by atoms with Crippen molar-refractivity contribution in [2.75, 3.05) is 70.1 Å². The Balaban J connectivity index is 1.17. The van der Waals surface area contributed by atoms with Gasteiger partial charge in [-0.2, -0.15) is 5.10 Å². The van der Waals surface area contributed by atoms with Crippen LogP contribution in [0.25, 0.3) is 11.3 Å². The van der Waals surface area contributed by atoms with E-state index in [4.69, 9.17) is 0 Å². The van der Waals surface area contributed by atoms with Crippen molar-refractivity contribution < 1.29 is 17.6 Å². The van der Waals surface area contributed by atoms with Gasteiger partial charge in [0.25, 0.3) is 0 Å². The van der Waals surface area contributed by atoms with Gasteiger partial charge in [-0.3, -0.25) is 9.69 Å². The number of piperazine rings is 1. The molecule has 0 aliphatic carbocycles. The summed E-state index contributed by atoms with van der Waals surface area (Å²) in [6.07, 6.45) is 4.43. The van der Waals surface area contributed by atoms with E-state index in [0.717, 1.165) is 37.8 Å². The molecule has 0 bridgehead atoms. The number of aromatic nitrogens is 3. The van der Waals surface area contributed by atoms with Gasteiger partial charge in [0, 0.05) is 64.0 Å². The Morgan fingerprint density at radius 1 is 1.06 bits per heavy atom. The zero-order valence-electron chi connectivity index (χ0n) is 20.4. The number of hydrogen-bond acceptors (Lipinski definition) is 9. The molecule has 0 unspecified atom stereocenters. The molecule has 2 N–H and O–H groups in total. The van der Waals surface area contributed by atoms with Crippen molar-refractivity contribution in [1.29, 1.82) is 0 Å². The Labute approximate surface area is 211 Å². The number of rotatable bonds is 9. The highest BCUT2D eigenvalue weighted by Crippen LogP contribution is 2.19. The summed E-state index contributed by atoms with van der Waals surface area (Å²) in [5.74, 6) is 0.252. The monoisotopic (exact) mass is 520 g/mol. The second-order valence-corrected chi connectivity index (χ2v) is 11.1. The summed E-state index contributed by atoms with van der Waals surface area (Å²) in [6.45, 7) is 5.88. The summed E-state index contributed by atoms with van der Waals surface area (Å²) in [6, 6.07) is 6.26. The maximum atomic E-state index is 13.2. The first-order chi connectivity index (χ1) is 17.2. The molecule has 1 aromatic carbocycles. The third-order valence-corrected chi connectivity index (χ3v) is 7.18. The van der Waals surface area contributed by atoms with Crippen LogP contribution in [0.5, 0.6) is 0 Å². The Morgan fingerprint density at radius 3 is 2.42 bits per heavy atom. The number of halogens is 1. The lowest BCUT2D eigenvalue weighted by Crippen LogP contribution is -2.52. The first kappa shape index (κ1) is 26.3. The topological polar surface area (TPSA) is 124 Å². The third kappa shape index (κ3) is 7.88. The van der Waals surface area contributed by atoms with Gasteiger partial charge in [-0.05, 0) is 37.1 Å². The zero-order chi connectivity index (χ0) is 25.5. The number of likely N-dealkylation sites (tertiary alicyclic amines) is 1. The van der Waals surface area contributed by atoms with E-state index >= 15 is 0 Å². The molecule has 2 aliphatic rings. The summed E-state index contributed by atoms with van der Waals surface area (Å²) < 4.78 is 38.1. The van der Waals surface area contributed by atoms with Crippen molar-refractivity contribution in [3.63, 3.8) is 0 Å². The minimum atomic E-state index is -3.16. The zero-order valence-corrected chi connectivity index (χ0v) is 21.3. The first-order valence-electron chi connectivity index (χ1n) is 12.1. The molecule has 2 aromatic rings. The van der Waals surface area contributed by atoms with Crippen LogP contribution in [0.2, 0.25) is 0 Å². The van der Waals surface area contributed by atoms with E-state index in [1.807, 2.05) is 4.90 Å². The standard InChI is InChI=1S/C23H33FN8O3S/c1-36(34,35)26-8-11-30-9-6-20(7-10-30)27-22(33)17-31-12-14-32(15-13-31)23-28-21(16-25-29-23)18-2-4-19(24)5-3-18/h2-5,16,20,26H,6-15,17H2,1H3,(H,27,33). The van der Waals surface area contributed by atoms with Gasteiger partial charge < -0.3 is 15.1 Å². The van der Waals surface area contributed by atoms with Crippen molar-refractivity contribution in [2.24, 2.45) is 0 Å². The Hall–Kier alpha value is -2.74. The smallest absolute Gasteiger partial charge is 0.245 e. The maximum Gasteiger partial charge on any atom is 0.245 e. The minimum Gasteiger partial charge on any atom is -0.352 e. The molecule has 4 rings (SSSR count). The summed E-state index contributed by atoms with van der Waals surface area (Å²) in [5.41, 5.74) is 1.42. The lowest BCUT2D eigenvalue weighted by Gasteiger charge is -2.35. The van der Waals surface area contributed by atoms with Gasteiger partial charge in [-0.1, -0.05) is 0 Å². The van der Waals surface area contributed by atoms with E-state index in [1.165, 1.54) is 12.1 Å². The summed E-state index contributed by atoms with van der Waals surface area (Å²) >= 11 is 0. The summed E-state index contributed by atoms with van der Waals surface area (Å²) in [7, 11) is -3.16. The molecular formula is C23H33FN8O3S. The van der Waals surface area contributed by atoms with Crippen LogP contribution in [0.1, 0.15) is 12.8 Å². The molecule has 13 heteroatoms. The second-order valence-electron chi connectivity index (χ2n) is 9.26. The number of piperidine rings is 1. The molecule has 1 aromatic heterocycles. The average molecular weight is 521 g/mol. The first-order valence-corrected chi connectivity index (χ1v) is 14.0. The van der Waals surface area contributed by atoms with Gasteiger partial charge >= 0.3 is 0 Å². The number of nitrogens with one attached hydrogen (secondary N) is 2. The third-order valence-electron chi connectivity index (χ3n) is 6.45. The summed E-state index contributed by atoms with van der Waals surface area (Å²) in [4.78, 5) is 23.6. The number of nitrogens with zero attached hydrogens (tertiary/aromatic N) is 6. The molecule has 11 nitrogen and oxygen atoms in total. The van der Waals surface area contributed by atoms with Crippen LogP contribution in [0.3, 0.4) is 0 Å². The van der Waals surface area contributed by atoms with Crippen molar-refractivity contribution in [2.45, 2.75) is 18.9 Å². The minimum absolute atomic E-state index is 0.0249. The van der Waals surface area contributed by atoms with Gasteiger partial charge in [-0.15, -0.1) is 5.10 Å². The molecule has 0 spiro atoms.